The number of hydrogen-bond acceptors (Lipinski definition) is 12. The highest BCUT2D eigenvalue weighted by molar-refractivity contribution is 7.66. The van der Waals surface area contributed by atoms with Crippen molar-refractivity contribution >= 4 is 29.4 Å². The summed E-state index contributed by atoms with van der Waals surface area (Å²) < 4.78 is 57.6. The molecule has 1 aliphatic heterocycles. The van der Waals surface area contributed by atoms with Crippen LogP contribution >= 0.6 is 23.5 Å². The molecule has 2 rings (SSSR count). The average molecular weight is 579 g/mol. The molecule has 0 bridgehead atoms. The van der Waals surface area contributed by atoms with Crippen molar-refractivity contribution in [3.8, 4) is 0 Å². The van der Waals surface area contributed by atoms with Crippen molar-refractivity contribution in [3.63, 3.8) is 0 Å². The largest absolute Gasteiger partial charge is 0.490 e. The summed E-state index contributed by atoms with van der Waals surface area (Å²) in [4.78, 5) is 76.3. The van der Waals surface area contributed by atoms with Crippen LogP contribution in [0.4, 0.5) is 0 Å². The molecule has 0 spiro atoms. The number of phosphoric acid groups is 3. The molecule has 0 amide bonds. The van der Waals surface area contributed by atoms with Gasteiger partial charge in [0.1, 0.15) is 18.4 Å². The van der Waals surface area contributed by atoms with E-state index in [-0.39, 0.29) is 24.9 Å². The van der Waals surface area contributed by atoms with Gasteiger partial charge in [-0.3, -0.25) is 23.7 Å². The van der Waals surface area contributed by atoms with Gasteiger partial charge in [-0.25, -0.2) is 18.5 Å². The van der Waals surface area contributed by atoms with Crippen LogP contribution in [0.2, 0.25) is 0 Å². The lowest BCUT2D eigenvalue weighted by atomic mass is 10.2. The highest BCUT2D eigenvalue weighted by Crippen LogP contribution is 2.66. The minimum Gasteiger partial charge on any atom is -0.459 e. The molecule has 1 aliphatic rings. The molecule has 2 unspecified atom stereocenters. The number of phosphoric ester groups is 1. The number of H-pyrrole nitrogens is 1. The lowest BCUT2D eigenvalue weighted by Crippen LogP contribution is -2.33. The van der Waals surface area contributed by atoms with E-state index in [1.54, 1.807) is 0 Å². The summed E-state index contributed by atoms with van der Waals surface area (Å²) in [5.41, 5.74) is 6.85. The number of aromatic nitrogens is 2. The molecule has 20 nitrogen and oxygen atoms in total. The van der Waals surface area contributed by atoms with E-state index < -0.39 is 65.7 Å². The van der Waals surface area contributed by atoms with Gasteiger partial charge in [-0.1, -0.05) is 5.11 Å². The lowest BCUT2D eigenvalue weighted by molar-refractivity contribution is -0.152. The second-order valence-electron chi connectivity index (χ2n) is 6.96. The number of esters is 1. The van der Waals surface area contributed by atoms with E-state index in [1.165, 1.54) is 6.92 Å². The summed E-state index contributed by atoms with van der Waals surface area (Å²) in [5, 5.41) is 3.17. The van der Waals surface area contributed by atoms with Crippen LogP contribution in [-0.4, -0.2) is 60.5 Å². The molecule has 0 radical (unpaired) electrons. The summed E-state index contributed by atoms with van der Waals surface area (Å²) in [5.74, 6) is -0.884. The molecule has 1 fully saturated rings. The topological polar surface area (TPSA) is 299 Å². The summed E-state index contributed by atoms with van der Waals surface area (Å²) >= 11 is 0. The van der Waals surface area contributed by atoms with Gasteiger partial charge >= 0.3 is 35.1 Å². The number of hydrogen-bond donors (Lipinski definition) is 5. The molecule has 23 heteroatoms. The Morgan fingerprint density at radius 3 is 2.53 bits per heavy atom. The smallest absolute Gasteiger partial charge is 0.459 e. The van der Waals surface area contributed by atoms with Crippen LogP contribution in [0.3, 0.4) is 0 Å². The number of aryl methyl sites for hydroxylation is 1. The van der Waals surface area contributed by atoms with Gasteiger partial charge in [-0.2, -0.15) is 8.62 Å². The Morgan fingerprint density at radius 2 is 1.92 bits per heavy atom. The van der Waals surface area contributed by atoms with Crippen LogP contribution in [0, 0.1) is 6.92 Å². The molecule has 36 heavy (non-hydrogen) atoms. The van der Waals surface area contributed by atoms with Crippen molar-refractivity contribution in [2.24, 2.45) is 5.11 Å². The minimum absolute atomic E-state index is 0.123. The van der Waals surface area contributed by atoms with E-state index in [0.29, 0.717) is 0 Å². The Labute approximate surface area is 199 Å². The van der Waals surface area contributed by atoms with Crippen LogP contribution in [0.5, 0.6) is 0 Å². The van der Waals surface area contributed by atoms with Gasteiger partial charge in [0.25, 0.3) is 5.56 Å². The SMILES string of the molecule is Cc1cn([C@H]2C[C@H](OC(=O)CCN=[N+]=[N-])[C@@H](COP(=O)(O)OP(=O)(O)OP(=O)(O)O)O2)c(=O)[nH]c1=O. The summed E-state index contributed by atoms with van der Waals surface area (Å²) in [6.07, 6.45) is -3.27. The maximum absolute atomic E-state index is 12.2. The van der Waals surface area contributed by atoms with Crippen molar-refractivity contribution in [2.75, 3.05) is 13.2 Å². The average Bonchev–Trinajstić information content (AvgIpc) is 3.09. The van der Waals surface area contributed by atoms with E-state index >= 15 is 0 Å². The van der Waals surface area contributed by atoms with Gasteiger partial charge in [0.05, 0.1) is 13.0 Å². The Kier molecular flexibility index (Phi) is 9.95. The van der Waals surface area contributed by atoms with Crippen molar-refractivity contribution in [3.05, 3.63) is 43.0 Å². The van der Waals surface area contributed by atoms with Crippen molar-refractivity contribution in [1.29, 1.82) is 0 Å². The van der Waals surface area contributed by atoms with Gasteiger partial charge in [0.2, 0.25) is 0 Å². The normalized spacial score (nSPS) is 23.3. The van der Waals surface area contributed by atoms with Gasteiger partial charge in [-0.05, 0) is 12.5 Å². The van der Waals surface area contributed by atoms with E-state index in [1.807, 2.05) is 4.98 Å². The van der Waals surface area contributed by atoms with Crippen LogP contribution in [0.25, 0.3) is 10.4 Å². The first kappa shape index (κ1) is 30.1. The van der Waals surface area contributed by atoms with Crippen molar-refractivity contribution < 1.29 is 60.7 Å². The molecule has 0 aliphatic carbocycles. The molecular weight excluding hydrogens is 559 g/mol. The Morgan fingerprint density at radius 1 is 1.25 bits per heavy atom. The zero-order chi connectivity index (χ0) is 27.3. The monoisotopic (exact) mass is 579 g/mol. The highest BCUT2D eigenvalue weighted by atomic mass is 31.3. The van der Waals surface area contributed by atoms with Crippen LogP contribution in [0.15, 0.2) is 20.9 Å². The first-order chi connectivity index (χ1) is 16.5. The first-order valence-electron chi connectivity index (χ1n) is 9.48. The third-order valence-electron chi connectivity index (χ3n) is 4.22. The summed E-state index contributed by atoms with van der Waals surface area (Å²) in [6, 6.07) is 0. The second kappa shape index (κ2) is 11.9. The van der Waals surface area contributed by atoms with E-state index in [9.17, 15) is 37.9 Å². The Bertz CT molecular complexity index is 1280. The van der Waals surface area contributed by atoms with E-state index in [0.717, 1.165) is 10.8 Å². The standard InChI is InChI=1S/C13H20N5O15P3/c1-7-5-18(13(21)16-12(7)20)10-4-8(31-11(19)2-3-15-17-14)9(30-10)6-29-35(25,26)33-36(27,28)32-34(22,23)24/h5,8-10H,2-4,6H2,1H3,(H,25,26)(H,27,28)(H,16,20,21)(H2,22,23,24)/t8-,9+,10+/m0/s1. The minimum atomic E-state index is -5.77. The van der Waals surface area contributed by atoms with E-state index in [2.05, 4.69) is 23.2 Å². The number of azide groups is 1. The number of aromatic amines is 1. The maximum Gasteiger partial charge on any atom is 0.490 e. The quantitative estimate of drug-likeness (QED) is 0.0720. The molecular formula is C13H20N5O15P3. The van der Waals surface area contributed by atoms with Gasteiger partial charge in [0, 0.05) is 29.6 Å². The Hall–Kier alpha value is -2.17. The fourth-order valence-electron chi connectivity index (χ4n) is 2.83. The lowest BCUT2D eigenvalue weighted by Gasteiger charge is -2.21. The molecule has 5 N–H and O–H groups in total. The number of nitrogens with zero attached hydrogens (tertiary/aromatic N) is 4. The molecule has 1 aromatic heterocycles. The number of nitrogens with one attached hydrogen (secondary N) is 1. The van der Waals surface area contributed by atoms with Crippen molar-refractivity contribution in [2.45, 2.75) is 38.2 Å². The zero-order valence-electron chi connectivity index (χ0n) is 18.0. The van der Waals surface area contributed by atoms with Gasteiger partial charge in [0.15, 0.2) is 0 Å². The van der Waals surface area contributed by atoms with E-state index in [4.69, 9.17) is 24.8 Å². The molecule has 0 aromatic carbocycles. The van der Waals surface area contributed by atoms with Crippen molar-refractivity contribution in [1.82, 2.24) is 9.55 Å². The maximum atomic E-state index is 12.2. The Balaban J connectivity index is 2.19. The number of carbonyl (C=O) groups is 1. The van der Waals surface area contributed by atoms with Gasteiger partial charge < -0.3 is 29.0 Å². The fourth-order valence-corrected chi connectivity index (χ4v) is 5.86. The summed E-state index contributed by atoms with van der Waals surface area (Å²) in [6.45, 7) is 0.173. The first-order valence-corrected chi connectivity index (χ1v) is 14.0. The highest BCUT2D eigenvalue weighted by Gasteiger charge is 2.44. The molecule has 1 saturated heterocycles. The third kappa shape index (κ3) is 9.37. The molecule has 0 saturated carbocycles. The predicted molar refractivity (Wildman–Crippen MR) is 113 cm³/mol. The van der Waals surface area contributed by atoms with Crippen LogP contribution < -0.4 is 11.2 Å². The predicted octanol–water partition coefficient (Wildman–Crippen LogP) is 0.0880. The number of ether oxygens (including phenoxy) is 2. The molecule has 2 heterocycles. The third-order valence-corrected chi connectivity index (χ3v) is 8.02. The number of carbonyl (C=O) groups excluding carboxylic acids is 1. The number of rotatable bonds is 12. The molecule has 5 atom stereocenters. The van der Waals surface area contributed by atoms with Gasteiger partial charge in [-0.15, -0.1) is 0 Å². The molecule has 202 valence electrons. The zero-order valence-corrected chi connectivity index (χ0v) is 20.7. The summed E-state index contributed by atoms with van der Waals surface area (Å²) in [7, 11) is -16.9. The molecule has 1 aromatic rings. The van der Waals surface area contributed by atoms with Crippen LogP contribution in [-0.2, 0) is 41.1 Å². The van der Waals surface area contributed by atoms with Crippen LogP contribution in [0.1, 0.15) is 24.6 Å². The second-order valence-corrected chi connectivity index (χ2v) is 11.4. The fraction of sp³-hybridized carbons (Fsp3) is 0.615.